The zero-order valence-corrected chi connectivity index (χ0v) is 12.1. The van der Waals surface area contributed by atoms with Crippen molar-refractivity contribution < 1.29 is 4.79 Å². The third kappa shape index (κ3) is 4.71. The first kappa shape index (κ1) is 14.6. The summed E-state index contributed by atoms with van der Waals surface area (Å²) in [6, 6.07) is 17.4. The van der Waals surface area contributed by atoms with E-state index in [0.717, 1.165) is 19.3 Å². The molecule has 0 atom stereocenters. The van der Waals surface area contributed by atoms with Crippen LogP contribution in [-0.2, 0) is 6.42 Å². The molecule has 20 heavy (non-hydrogen) atoms. The number of rotatable bonds is 6. The zero-order valence-electron chi connectivity index (χ0n) is 11.3. The monoisotopic (exact) mass is 287 g/mol. The Morgan fingerprint density at radius 1 is 1.00 bits per heavy atom. The summed E-state index contributed by atoms with van der Waals surface area (Å²) >= 11 is 5.86. The van der Waals surface area contributed by atoms with E-state index in [-0.39, 0.29) is 5.91 Å². The second kappa shape index (κ2) is 7.71. The fourth-order valence-electron chi connectivity index (χ4n) is 2.03. The molecule has 2 aromatic rings. The first-order valence-corrected chi connectivity index (χ1v) is 7.21. The summed E-state index contributed by atoms with van der Waals surface area (Å²) in [6.07, 6.45) is 3.09. The number of halogens is 1. The summed E-state index contributed by atoms with van der Waals surface area (Å²) < 4.78 is 0. The fraction of sp³-hybridized carbons (Fsp3) is 0.235. The quantitative estimate of drug-likeness (QED) is 0.797. The molecule has 0 aliphatic heterocycles. The lowest BCUT2D eigenvalue weighted by molar-refractivity contribution is 0.0953. The van der Waals surface area contributed by atoms with Crippen LogP contribution >= 0.6 is 11.6 Å². The average Bonchev–Trinajstić information content (AvgIpc) is 2.48. The summed E-state index contributed by atoms with van der Waals surface area (Å²) in [5, 5.41) is 3.50. The molecule has 0 bridgehead atoms. The molecule has 2 rings (SSSR count). The van der Waals surface area contributed by atoms with E-state index in [1.54, 1.807) is 24.3 Å². The lowest BCUT2D eigenvalue weighted by Crippen LogP contribution is -2.24. The van der Waals surface area contributed by atoms with Crippen molar-refractivity contribution in [2.24, 2.45) is 0 Å². The van der Waals surface area contributed by atoms with Gasteiger partial charge in [0.25, 0.3) is 5.91 Å². The molecule has 104 valence electrons. The maximum Gasteiger partial charge on any atom is 0.251 e. The molecule has 0 aliphatic carbocycles. The van der Waals surface area contributed by atoms with Gasteiger partial charge in [0.2, 0.25) is 0 Å². The molecular weight excluding hydrogens is 270 g/mol. The summed E-state index contributed by atoms with van der Waals surface area (Å²) in [4.78, 5) is 11.9. The first-order chi connectivity index (χ1) is 9.75. The van der Waals surface area contributed by atoms with Crippen molar-refractivity contribution in [1.29, 1.82) is 0 Å². The Morgan fingerprint density at radius 3 is 2.55 bits per heavy atom. The van der Waals surface area contributed by atoms with Gasteiger partial charge in [-0.25, -0.2) is 0 Å². The summed E-state index contributed by atoms with van der Waals surface area (Å²) in [5.41, 5.74) is 1.95. The van der Waals surface area contributed by atoms with Gasteiger partial charge in [-0.2, -0.15) is 0 Å². The second-order valence-electron chi connectivity index (χ2n) is 4.71. The van der Waals surface area contributed by atoms with Gasteiger partial charge in [0, 0.05) is 17.1 Å². The van der Waals surface area contributed by atoms with E-state index in [1.807, 2.05) is 6.07 Å². The maximum absolute atomic E-state index is 11.9. The van der Waals surface area contributed by atoms with Crippen molar-refractivity contribution in [3.63, 3.8) is 0 Å². The van der Waals surface area contributed by atoms with Crippen LogP contribution in [0.2, 0.25) is 5.02 Å². The van der Waals surface area contributed by atoms with Crippen molar-refractivity contribution >= 4 is 17.5 Å². The number of aryl methyl sites for hydroxylation is 1. The van der Waals surface area contributed by atoms with Gasteiger partial charge >= 0.3 is 0 Å². The van der Waals surface area contributed by atoms with Crippen molar-refractivity contribution in [2.45, 2.75) is 19.3 Å². The molecule has 0 heterocycles. The van der Waals surface area contributed by atoms with Crippen LogP contribution in [-0.4, -0.2) is 12.5 Å². The number of carbonyl (C=O) groups excluding carboxylic acids is 1. The number of hydrogen-bond donors (Lipinski definition) is 1. The molecule has 0 saturated heterocycles. The van der Waals surface area contributed by atoms with Crippen LogP contribution < -0.4 is 5.32 Å². The Bertz CT molecular complexity index is 554. The van der Waals surface area contributed by atoms with E-state index in [0.29, 0.717) is 17.1 Å². The van der Waals surface area contributed by atoms with Gasteiger partial charge in [-0.1, -0.05) is 48.0 Å². The van der Waals surface area contributed by atoms with Gasteiger partial charge in [-0.05, 0) is 43.0 Å². The molecule has 1 N–H and O–H groups in total. The van der Waals surface area contributed by atoms with Crippen LogP contribution in [0.4, 0.5) is 0 Å². The van der Waals surface area contributed by atoms with Crippen molar-refractivity contribution in [1.82, 2.24) is 5.32 Å². The number of unbranched alkanes of at least 4 members (excludes halogenated alkanes) is 1. The van der Waals surface area contributed by atoms with E-state index in [1.165, 1.54) is 5.56 Å². The molecule has 3 heteroatoms. The first-order valence-electron chi connectivity index (χ1n) is 6.83. The van der Waals surface area contributed by atoms with Crippen LogP contribution in [0.15, 0.2) is 54.6 Å². The third-order valence-corrected chi connectivity index (χ3v) is 3.34. The van der Waals surface area contributed by atoms with E-state index >= 15 is 0 Å². The van der Waals surface area contributed by atoms with Crippen molar-refractivity contribution in [3.05, 3.63) is 70.7 Å². The Balaban J connectivity index is 1.67. The SMILES string of the molecule is O=C(NCCCCc1ccccc1)c1cccc(Cl)c1. The number of amides is 1. The highest BCUT2D eigenvalue weighted by molar-refractivity contribution is 6.30. The third-order valence-electron chi connectivity index (χ3n) is 3.11. The second-order valence-corrected chi connectivity index (χ2v) is 5.15. The van der Waals surface area contributed by atoms with Gasteiger partial charge in [0.15, 0.2) is 0 Å². The van der Waals surface area contributed by atoms with Crippen LogP contribution in [0.3, 0.4) is 0 Å². The van der Waals surface area contributed by atoms with Gasteiger partial charge in [-0.3, -0.25) is 4.79 Å². The Labute approximate surface area is 124 Å². The van der Waals surface area contributed by atoms with Gasteiger partial charge < -0.3 is 5.32 Å². The topological polar surface area (TPSA) is 29.1 Å². The smallest absolute Gasteiger partial charge is 0.251 e. The maximum atomic E-state index is 11.9. The number of hydrogen-bond acceptors (Lipinski definition) is 1. The van der Waals surface area contributed by atoms with Crippen LogP contribution in [0.25, 0.3) is 0 Å². The minimum absolute atomic E-state index is 0.0628. The molecule has 0 unspecified atom stereocenters. The van der Waals surface area contributed by atoms with Crippen molar-refractivity contribution in [3.8, 4) is 0 Å². The molecule has 0 fully saturated rings. The van der Waals surface area contributed by atoms with Crippen LogP contribution in [0.5, 0.6) is 0 Å². The molecule has 0 radical (unpaired) electrons. The minimum Gasteiger partial charge on any atom is -0.352 e. The van der Waals surface area contributed by atoms with Crippen LogP contribution in [0, 0.1) is 0 Å². The minimum atomic E-state index is -0.0628. The van der Waals surface area contributed by atoms with Gasteiger partial charge in [-0.15, -0.1) is 0 Å². The summed E-state index contributed by atoms with van der Waals surface area (Å²) in [6.45, 7) is 0.693. The van der Waals surface area contributed by atoms with E-state index < -0.39 is 0 Å². The predicted octanol–water partition coefficient (Wildman–Crippen LogP) is 4.09. The average molecular weight is 288 g/mol. The largest absolute Gasteiger partial charge is 0.352 e. The van der Waals surface area contributed by atoms with Crippen molar-refractivity contribution in [2.75, 3.05) is 6.54 Å². The highest BCUT2D eigenvalue weighted by atomic mass is 35.5. The Kier molecular flexibility index (Phi) is 5.63. The summed E-state index contributed by atoms with van der Waals surface area (Å²) in [5.74, 6) is -0.0628. The number of benzene rings is 2. The van der Waals surface area contributed by atoms with E-state index in [4.69, 9.17) is 11.6 Å². The fourth-order valence-corrected chi connectivity index (χ4v) is 2.22. The van der Waals surface area contributed by atoms with E-state index in [9.17, 15) is 4.79 Å². The lowest BCUT2D eigenvalue weighted by atomic mass is 10.1. The Morgan fingerprint density at radius 2 is 1.80 bits per heavy atom. The zero-order chi connectivity index (χ0) is 14.2. The lowest BCUT2D eigenvalue weighted by Gasteiger charge is -2.05. The molecular formula is C17H18ClNO. The molecule has 0 spiro atoms. The number of carbonyl (C=O) groups is 1. The Hall–Kier alpha value is -1.80. The number of nitrogens with one attached hydrogen (secondary N) is 1. The highest BCUT2D eigenvalue weighted by Crippen LogP contribution is 2.10. The van der Waals surface area contributed by atoms with Gasteiger partial charge in [0.05, 0.1) is 0 Å². The molecule has 0 aliphatic rings. The molecule has 2 aromatic carbocycles. The molecule has 0 saturated carbocycles. The highest BCUT2D eigenvalue weighted by Gasteiger charge is 2.04. The molecule has 1 amide bonds. The van der Waals surface area contributed by atoms with E-state index in [2.05, 4.69) is 29.6 Å². The molecule has 2 nitrogen and oxygen atoms in total. The predicted molar refractivity (Wildman–Crippen MR) is 83.2 cm³/mol. The normalized spacial score (nSPS) is 10.2. The van der Waals surface area contributed by atoms with Gasteiger partial charge in [0.1, 0.15) is 0 Å². The van der Waals surface area contributed by atoms with Crippen LogP contribution in [0.1, 0.15) is 28.8 Å². The summed E-state index contributed by atoms with van der Waals surface area (Å²) in [7, 11) is 0. The standard InChI is InChI=1S/C17H18ClNO/c18-16-11-6-10-15(13-16)17(20)19-12-5-4-9-14-7-2-1-3-8-14/h1-3,6-8,10-11,13H,4-5,9,12H2,(H,19,20). The molecule has 0 aromatic heterocycles.